The number of fused-ring (bicyclic) bond motifs is 1. The highest BCUT2D eigenvalue weighted by Gasteiger charge is 2.22. The van der Waals surface area contributed by atoms with Crippen LogP contribution in [0.5, 0.6) is 0 Å². The van der Waals surface area contributed by atoms with Gasteiger partial charge in [-0.1, -0.05) is 12.1 Å². The van der Waals surface area contributed by atoms with Crippen molar-refractivity contribution in [1.82, 2.24) is 4.98 Å². The minimum Gasteiger partial charge on any atom is -0.367 e. The highest BCUT2D eigenvalue weighted by molar-refractivity contribution is 5.92. The van der Waals surface area contributed by atoms with Gasteiger partial charge in [-0.2, -0.15) is 0 Å². The van der Waals surface area contributed by atoms with Gasteiger partial charge in [-0.15, -0.1) is 0 Å². The summed E-state index contributed by atoms with van der Waals surface area (Å²) in [6.07, 6.45) is 1.49. The van der Waals surface area contributed by atoms with Gasteiger partial charge < -0.3 is 9.80 Å². The SMILES string of the molecule is Fc1ccccc1N1CCN(c2ccnc3c(F)ccc(F)c23)CC1. The summed E-state index contributed by atoms with van der Waals surface area (Å²) in [6, 6.07) is 10.6. The van der Waals surface area contributed by atoms with Crippen molar-refractivity contribution in [2.24, 2.45) is 0 Å². The molecule has 0 unspecified atom stereocenters. The van der Waals surface area contributed by atoms with E-state index in [1.807, 2.05) is 9.80 Å². The first-order chi connectivity index (χ1) is 12.1. The van der Waals surface area contributed by atoms with Crippen LogP contribution >= 0.6 is 0 Å². The van der Waals surface area contributed by atoms with Crippen LogP contribution in [0.2, 0.25) is 0 Å². The number of benzene rings is 2. The molecule has 2 heterocycles. The number of pyridine rings is 1. The largest absolute Gasteiger partial charge is 0.367 e. The topological polar surface area (TPSA) is 19.4 Å². The van der Waals surface area contributed by atoms with E-state index in [2.05, 4.69) is 4.98 Å². The lowest BCUT2D eigenvalue weighted by molar-refractivity contribution is 0.596. The number of halogens is 3. The van der Waals surface area contributed by atoms with Crippen LogP contribution < -0.4 is 9.80 Å². The second-order valence-corrected chi connectivity index (χ2v) is 6.01. The Kier molecular flexibility index (Phi) is 3.95. The molecule has 0 bridgehead atoms. The van der Waals surface area contributed by atoms with Gasteiger partial charge in [0.05, 0.1) is 16.8 Å². The van der Waals surface area contributed by atoms with Gasteiger partial charge in [0.2, 0.25) is 0 Å². The van der Waals surface area contributed by atoms with E-state index in [1.54, 1.807) is 24.3 Å². The van der Waals surface area contributed by atoms with Gasteiger partial charge in [-0.3, -0.25) is 4.98 Å². The van der Waals surface area contributed by atoms with Gasteiger partial charge in [0.1, 0.15) is 23.0 Å². The number of anilines is 2. The first-order valence-electron chi connectivity index (χ1n) is 8.12. The smallest absolute Gasteiger partial charge is 0.149 e. The highest BCUT2D eigenvalue weighted by Crippen LogP contribution is 2.31. The zero-order valence-corrected chi connectivity index (χ0v) is 13.4. The maximum absolute atomic E-state index is 14.3. The predicted molar refractivity (Wildman–Crippen MR) is 92.5 cm³/mol. The molecule has 3 aromatic rings. The minimum absolute atomic E-state index is 0.0361. The van der Waals surface area contributed by atoms with Gasteiger partial charge in [-0.05, 0) is 30.3 Å². The molecule has 0 spiro atoms. The van der Waals surface area contributed by atoms with Crippen LogP contribution in [0.4, 0.5) is 24.5 Å². The molecule has 1 aliphatic rings. The summed E-state index contributed by atoms with van der Waals surface area (Å²) in [7, 11) is 0. The number of hydrogen-bond acceptors (Lipinski definition) is 3. The van der Waals surface area contributed by atoms with E-state index in [1.165, 1.54) is 12.3 Å². The van der Waals surface area contributed by atoms with E-state index in [-0.39, 0.29) is 16.7 Å². The van der Waals surface area contributed by atoms with Crippen LogP contribution in [-0.4, -0.2) is 31.2 Å². The molecule has 0 aliphatic carbocycles. The first kappa shape index (κ1) is 15.7. The van der Waals surface area contributed by atoms with Gasteiger partial charge in [0, 0.05) is 32.4 Å². The molecule has 2 aromatic carbocycles. The lowest BCUT2D eigenvalue weighted by Gasteiger charge is -2.37. The molecule has 0 N–H and O–H groups in total. The summed E-state index contributed by atoms with van der Waals surface area (Å²) in [4.78, 5) is 7.92. The standard InChI is InChI=1S/C19H16F3N3/c20-13-3-1-2-4-16(13)24-9-11-25(12-10-24)17-7-8-23-19-15(22)6-5-14(21)18(17)19/h1-8H,9-12H2. The third-order valence-electron chi connectivity index (χ3n) is 4.58. The maximum atomic E-state index is 14.3. The number of para-hydroxylation sites is 1. The first-order valence-corrected chi connectivity index (χ1v) is 8.12. The molecule has 3 nitrogen and oxygen atoms in total. The van der Waals surface area contributed by atoms with Gasteiger partial charge in [0.15, 0.2) is 0 Å². The molecule has 0 atom stereocenters. The van der Waals surface area contributed by atoms with Crippen molar-refractivity contribution in [3.63, 3.8) is 0 Å². The second kappa shape index (κ2) is 6.27. The third kappa shape index (κ3) is 2.77. The number of hydrogen-bond donors (Lipinski definition) is 0. The van der Waals surface area contributed by atoms with E-state index < -0.39 is 11.6 Å². The molecule has 0 amide bonds. The third-order valence-corrected chi connectivity index (χ3v) is 4.58. The molecular weight excluding hydrogens is 327 g/mol. The monoisotopic (exact) mass is 343 g/mol. The molecule has 128 valence electrons. The van der Waals surface area contributed by atoms with Crippen molar-refractivity contribution in [2.75, 3.05) is 36.0 Å². The quantitative estimate of drug-likeness (QED) is 0.702. The van der Waals surface area contributed by atoms with E-state index in [9.17, 15) is 13.2 Å². The van der Waals surface area contributed by atoms with Crippen molar-refractivity contribution in [1.29, 1.82) is 0 Å². The maximum Gasteiger partial charge on any atom is 0.149 e. The molecule has 0 radical (unpaired) electrons. The Morgan fingerprint density at radius 1 is 0.680 bits per heavy atom. The predicted octanol–water partition coefficient (Wildman–Crippen LogP) is 3.98. The highest BCUT2D eigenvalue weighted by atomic mass is 19.1. The van der Waals surface area contributed by atoms with Crippen LogP contribution in [0, 0.1) is 17.5 Å². The van der Waals surface area contributed by atoms with Crippen LogP contribution in [0.25, 0.3) is 10.9 Å². The average molecular weight is 343 g/mol. The van der Waals surface area contributed by atoms with Crippen molar-refractivity contribution in [3.05, 3.63) is 66.1 Å². The zero-order chi connectivity index (χ0) is 17.4. The Labute approximate surface area is 143 Å². The molecule has 4 rings (SSSR count). The molecule has 1 saturated heterocycles. The summed E-state index contributed by atoms with van der Waals surface area (Å²) in [6.45, 7) is 2.37. The van der Waals surface area contributed by atoms with Crippen molar-refractivity contribution < 1.29 is 13.2 Å². The number of piperazine rings is 1. The summed E-state index contributed by atoms with van der Waals surface area (Å²) in [5, 5.41) is 0.196. The van der Waals surface area contributed by atoms with Gasteiger partial charge in [-0.25, -0.2) is 13.2 Å². The van der Waals surface area contributed by atoms with Gasteiger partial charge >= 0.3 is 0 Å². The fourth-order valence-electron chi connectivity index (χ4n) is 3.34. The Bertz CT molecular complexity index is 921. The van der Waals surface area contributed by atoms with E-state index in [0.717, 1.165) is 12.1 Å². The van der Waals surface area contributed by atoms with Crippen LogP contribution in [0.3, 0.4) is 0 Å². The minimum atomic E-state index is -0.539. The Morgan fingerprint density at radius 3 is 2.04 bits per heavy atom. The molecule has 1 aliphatic heterocycles. The molecule has 1 fully saturated rings. The van der Waals surface area contributed by atoms with Crippen molar-refractivity contribution in [3.8, 4) is 0 Å². The number of aromatic nitrogens is 1. The fraction of sp³-hybridized carbons (Fsp3) is 0.211. The van der Waals surface area contributed by atoms with Gasteiger partial charge in [0.25, 0.3) is 0 Å². The normalized spacial score (nSPS) is 15.0. The molecule has 6 heteroatoms. The van der Waals surface area contributed by atoms with Crippen LogP contribution in [0.1, 0.15) is 0 Å². The zero-order valence-electron chi connectivity index (χ0n) is 13.4. The Hall–Kier alpha value is -2.76. The molecule has 25 heavy (non-hydrogen) atoms. The van der Waals surface area contributed by atoms with E-state index in [4.69, 9.17) is 0 Å². The number of rotatable bonds is 2. The lowest BCUT2D eigenvalue weighted by Crippen LogP contribution is -2.47. The Balaban J connectivity index is 1.63. The van der Waals surface area contributed by atoms with Crippen LogP contribution in [-0.2, 0) is 0 Å². The lowest BCUT2D eigenvalue weighted by atomic mass is 10.1. The summed E-state index contributed by atoms with van der Waals surface area (Å²) < 4.78 is 42.2. The van der Waals surface area contributed by atoms with Crippen molar-refractivity contribution in [2.45, 2.75) is 0 Å². The van der Waals surface area contributed by atoms with Crippen LogP contribution in [0.15, 0.2) is 48.7 Å². The van der Waals surface area contributed by atoms with E-state index in [0.29, 0.717) is 37.6 Å². The average Bonchev–Trinajstić information content (AvgIpc) is 2.65. The van der Waals surface area contributed by atoms with E-state index >= 15 is 0 Å². The molecule has 0 saturated carbocycles. The Morgan fingerprint density at radius 2 is 1.32 bits per heavy atom. The summed E-state index contributed by atoms with van der Waals surface area (Å²) in [5.41, 5.74) is 1.23. The second-order valence-electron chi connectivity index (χ2n) is 6.01. The van der Waals surface area contributed by atoms with Crippen molar-refractivity contribution >= 4 is 22.3 Å². The summed E-state index contributed by atoms with van der Waals surface area (Å²) >= 11 is 0. The number of nitrogens with zero attached hydrogens (tertiary/aromatic N) is 3. The molecule has 1 aromatic heterocycles. The summed E-state index contributed by atoms with van der Waals surface area (Å²) in [5.74, 6) is -1.28. The fourth-order valence-corrected chi connectivity index (χ4v) is 3.34. The molecular formula is C19H16F3N3.